The SMILES string of the molecule is COc1ccccc1NC1(CN)CCN2CCCC2C1. The van der Waals surface area contributed by atoms with Gasteiger partial charge in [-0.2, -0.15) is 0 Å². The van der Waals surface area contributed by atoms with Crippen LogP contribution in [0.15, 0.2) is 24.3 Å². The van der Waals surface area contributed by atoms with Crippen molar-refractivity contribution in [1.29, 1.82) is 0 Å². The molecule has 0 aliphatic carbocycles. The summed E-state index contributed by atoms with van der Waals surface area (Å²) in [5.74, 6) is 0.897. The van der Waals surface area contributed by atoms with Crippen molar-refractivity contribution in [3.05, 3.63) is 24.3 Å². The van der Waals surface area contributed by atoms with Crippen molar-refractivity contribution in [3.8, 4) is 5.75 Å². The zero-order chi connectivity index (χ0) is 14.0. The number of hydrogen-bond donors (Lipinski definition) is 2. The fourth-order valence-corrected chi connectivity index (χ4v) is 3.71. The molecule has 4 heteroatoms. The number of benzene rings is 1. The Morgan fingerprint density at radius 3 is 3.05 bits per heavy atom. The van der Waals surface area contributed by atoms with Gasteiger partial charge >= 0.3 is 0 Å². The molecule has 20 heavy (non-hydrogen) atoms. The molecule has 1 aromatic rings. The van der Waals surface area contributed by atoms with Crippen molar-refractivity contribution in [1.82, 2.24) is 4.90 Å². The summed E-state index contributed by atoms with van der Waals surface area (Å²) in [6.45, 7) is 3.10. The van der Waals surface area contributed by atoms with E-state index in [9.17, 15) is 0 Å². The lowest BCUT2D eigenvalue weighted by molar-refractivity contribution is 0.145. The number of rotatable bonds is 4. The molecular weight excluding hydrogens is 250 g/mol. The summed E-state index contributed by atoms with van der Waals surface area (Å²) < 4.78 is 5.45. The van der Waals surface area contributed by atoms with Gasteiger partial charge in [-0.15, -0.1) is 0 Å². The van der Waals surface area contributed by atoms with Gasteiger partial charge in [-0.05, 0) is 44.4 Å². The lowest BCUT2D eigenvalue weighted by Gasteiger charge is -2.45. The number of nitrogens with one attached hydrogen (secondary N) is 1. The van der Waals surface area contributed by atoms with Crippen molar-refractivity contribution in [2.45, 2.75) is 37.3 Å². The number of methoxy groups -OCH3 is 1. The highest BCUT2D eigenvalue weighted by Gasteiger charge is 2.40. The van der Waals surface area contributed by atoms with E-state index < -0.39 is 0 Å². The zero-order valence-corrected chi connectivity index (χ0v) is 12.3. The van der Waals surface area contributed by atoms with E-state index >= 15 is 0 Å². The van der Waals surface area contributed by atoms with Gasteiger partial charge in [0.05, 0.1) is 18.3 Å². The Labute approximate surface area is 121 Å². The van der Waals surface area contributed by atoms with Crippen LogP contribution in [0.4, 0.5) is 5.69 Å². The molecule has 3 rings (SSSR count). The van der Waals surface area contributed by atoms with Crippen molar-refractivity contribution >= 4 is 5.69 Å². The lowest BCUT2D eigenvalue weighted by atomic mass is 9.83. The van der Waals surface area contributed by atoms with E-state index in [4.69, 9.17) is 10.5 Å². The molecule has 2 aliphatic heterocycles. The number of hydrogen-bond acceptors (Lipinski definition) is 4. The summed E-state index contributed by atoms with van der Waals surface area (Å²) in [5, 5.41) is 3.70. The molecule has 4 nitrogen and oxygen atoms in total. The third-order valence-electron chi connectivity index (χ3n) is 4.90. The van der Waals surface area contributed by atoms with Crippen LogP contribution in [0, 0.1) is 0 Å². The van der Waals surface area contributed by atoms with Crippen LogP contribution in [-0.4, -0.2) is 43.2 Å². The Kier molecular flexibility index (Phi) is 3.85. The molecule has 2 aliphatic rings. The van der Waals surface area contributed by atoms with Crippen LogP contribution < -0.4 is 15.8 Å². The second-order valence-corrected chi connectivity index (χ2v) is 6.10. The van der Waals surface area contributed by atoms with E-state index in [-0.39, 0.29) is 5.54 Å². The third-order valence-corrected chi connectivity index (χ3v) is 4.90. The van der Waals surface area contributed by atoms with Crippen LogP contribution in [0.3, 0.4) is 0 Å². The van der Waals surface area contributed by atoms with Crippen LogP contribution in [0.25, 0.3) is 0 Å². The smallest absolute Gasteiger partial charge is 0.141 e. The fourth-order valence-electron chi connectivity index (χ4n) is 3.71. The topological polar surface area (TPSA) is 50.5 Å². The van der Waals surface area contributed by atoms with Gasteiger partial charge in [0, 0.05) is 19.1 Å². The molecule has 110 valence electrons. The summed E-state index contributed by atoms with van der Waals surface area (Å²) in [6, 6.07) is 8.82. The molecule has 0 aromatic heterocycles. The molecule has 0 amide bonds. The summed E-state index contributed by atoms with van der Waals surface area (Å²) in [7, 11) is 1.72. The number of ether oxygens (including phenoxy) is 1. The maximum atomic E-state index is 6.14. The highest BCUT2D eigenvalue weighted by molar-refractivity contribution is 5.58. The fraction of sp³-hybridized carbons (Fsp3) is 0.625. The Morgan fingerprint density at radius 2 is 2.25 bits per heavy atom. The molecule has 2 fully saturated rings. The average molecular weight is 275 g/mol. The highest BCUT2D eigenvalue weighted by Crippen LogP contribution is 2.36. The quantitative estimate of drug-likeness (QED) is 0.883. The predicted molar refractivity (Wildman–Crippen MR) is 82.2 cm³/mol. The molecular formula is C16H25N3O. The van der Waals surface area contributed by atoms with E-state index in [0.717, 1.165) is 30.8 Å². The van der Waals surface area contributed by atoms with Crippen LogP contribution in [0.2, 0.25) is 0 Å². The standard InChI is InChI=1S/C16H25N3O/c1-20-15-7-3-2-6-14(15)18-16(12-17)8-10-19-9-4-5-13(19)11-16/h2-3,6-7,13,18H,4-5,8-12,17H2,1H3. The van der Waals surface area contributed by atoms with Crippen molar-refractivity contribution in [2.75, 3.05) is 32.1 Å². The first-order valence-electron chi connectivity index (χ1n) is 7.62. The summed E-state index contributed by atoms with van der Waals surface area (Å²) in [5.41, 5.74) is 7.21. The van der Waals surface area contributed by atoms with Crippen LogP contribution in [-0.2, 0) is 0 Å². The zero-order valence-electron chi connectivity index (χ0n) is 12.3. The summed E-state index contributed by atoms with van der Waals surface area (Å²) in [4.78, 5) is 2.62. The number of nitrogens with two attached hydrogens (primary N) is 1. The van der Waals surface area contributed by atoms with Gasteiger partial charge in [0.2, 0.25) is 0 Å². The van der Waals surface area contributed by atoms with E-state index in [1.54, 1.807) is 7.11 Å². The van der Waals surface area contributed by atoms with Gasteiger partial charge in [-0.3, -0.25) is 0 Å². The first kappa shape index (κ1) is 13.7. The minimum Gasteiger partial charge on any atom is -0.495 e. The monoisotopic (exact) mass is 275 g/mol. The van der Waals surface area contributed by atoms with Gasteiger partial charge < -0.3 is 20.7 Å². The average Bonchev–Trinajstić information content (AvgIpc) is 2.95. The Hall–Kier alpha value is -1.26. The Balaban J connectivity index is 1.79. The highest BCUT2D eigenvalue weighted by atomic mass is 16.5. The maximum absolute atomic E-state index is 6.14. The van der Waals surface area contributed by atoms with Gasteiger partial charge in [0.25, 0.3) is 0 Å². The van der Waals surface area contributed by atoms with E-state index in [2.05, 4.69) is 16.3 Å². The molecule has 0 saturated carbocycles. The molecule has 2 unspecified atom stereocenters. The van der Waals surface area contributed by atoms with Crippen molar-refractivity contribution in [3.63, 3.8) is 0 Å². The molecule has 0 spiro atoms. The predicted octanol–water partition coefficient (Wildman–Crippen LogP) is 2.06. The first-order chi connectivity index (χ1) is 9.76. The molecule has 2 heterocycles. The van der Waals surface area contributed by atoms with E-state index in [1.165, 1.54) is 19.4 Å². The van der Waals surface area contributed by atoms with Gasteiger partial charge in [-0.25, -0.2) is 0 Å². The largest absolute Gasteiger partial charge is 0.495 e. The molecule has 3 N–H and O–H groups in total. The number of fused-ring (bicyclic) bond motifs is 1. The normalized spacial score (nSPS) is 30.0. The number of para-hydroxylation sites is 2. The van der Waals surface area contributed by atoms with Gasteiger partial charge in [0.15, 0.2) is 0 Å². The Morgan fingerprint density at radius 1 is 1.40 bits per heavy atom. The van der Waals surface area contributed by atoms with Gasteiger partial charge in [-0.1, -0.05) is 12.1 Å². The molecule has 2 saturated heterocycles. The molecule has 0 bridgehead atoms. The number of anilines is 1. The summed E-state index contributed by atoms with van der Waals surface area (Å²) >= 11 is 0. The molecule has 2 atom stereocenters. The number of piperidine rings is 1. The third kappa shape index (κ3) is 2.50. The van der Waals surface area contributed by atoms with E-state index in [1.807, 2.05) is 18.2 Å². The van der Waals surface area contributed by atoms with Crippen LogP contribution in [0.5, 0.6) is 5.75 Å². The molecule has 1 aromatic carbocycles. The molecule has 0 radical (unpaired) electrons. The van der Waals surface area contributed by atoms with Crippen molar-refractivity contribution in [2.24, 2.45) is 5.73 Å². The second kappa shape index (κ2) is 5.62. The first-order valence-corrected chi connectivity index (χ1v) is 7.62. The lowest BCUT2D eigenvalue weighted by Crippen LogP contribution is -2.55. The second-order valence-electron chi connectivity index (χ2n) is 6.10. The Bertz CT molecular complexity index is 465. The van der Waals surface area contributed by atoms with Crippen LogP contribution in [0.1, 0.15) is 25.7 Å². The minimum absolute atomic E-state index is 0.0140. The van der Waals surface area contributed by atoms with Crippen LogP contribution >= 0.6 is 0 Å². The maximum Gasteiger partial charge on any atom is 0.141 e. The minimum atomic E-state index is 0.0140. The van der Waals surface area contributed by atoms with Gasteiger partial charge in [0.1, 0.15) is 5.75 Å². The van der Waals surface area contributed by atoms with E-state index in [0.29, 0.717) is 12.6 Å². The number of nitrogens with zero attached hydrogens (tertiary/aromatic N) is 1. The van der Waals surface area contributed by atoms with Crippen molar-refractivity contribution < 1.29 is 4.74 Å². The summed E-state index contributed by atoms with van der Waals surface area (Å²) in [6.07, 6.45) is 4.90.